The Bertz CT molecular complexity index is 562. The Labute approximate surface area is 112 Å². The highest BCUT2D eigenvalue weighted by atomic mass is 19.1. The molecule has 0 saturated carbocycles. The molecule has 0 fully saturated rings. The summed E-state index contributed by atoms with van der Waals surface area (Å²) < 4.78 is 16.0. The molecule has 2 N–H and O–H groups in total. The highest BCUT2D eigenvalue weighted by molar-refractivity contribution is 5.55. The van der Waals surface area contributed by atoms with Crippen molar-refractivity contribution in [2.24, 2.45) is 12.8 Å². The molecule has 2 rings (SSSR count). The second-order valence-electron chi connectivity index (χ2n) is 4.78. The van der Waals surface area contributed by atoms with Crippen molar-refractivity contribution < 1.29 is 4.39 Å². The van der Waals surface area contributed by atoms with E-state index in [9.17, 15) is 4.39 Å². The maximum absolute atomic E-state index is 14.1. The number of halogens is 1. The lowest BCUT2D eigenvalue weighted by molar-refractivity contribution is 0.613. The quantitative estimate of drug-likeness (QED) is 0.919. The summed E-state index contributed by atoms with van der Waals surface area (Å²) in [6, 6.07) is 4.79. The van der Waals surface area contributed by atoms with Crippen molar-refractivity contribution in [3.8, 4) is 0 Å². The van der Waals surface area contributed by atoms with Gasteiger partial charge in [0.05, 0.1) is 12.2 Å². The first-order chi connectivity index (χ1) is 9.00. The molecule has 1 aromatic heterocycles. The van der Waals surface area contributed by atoms with Gasteiger partial charge in [-0.2, -0.15) is 0 Å². The third-order valence-corrected chi connectivity index (χ3v) is 3.19. The van der Waals surface area contributed by atoms with Gasteiger partial charge < -0.3 is 15.2 Å². The van der Waals surface area contributed by atoms with E-state index in [1.807, 2.05) is 42.7 Å². The lowest BCUT2D eigenvalue weighted by Crippen LogP contribution is -2.23. The van der Waals surface area contributed by atoms with Crippen LogP contribution in [0.25, 0.3) is 0 Å². The smallest absolute Gasteiger partial charge is 0.146 e. The normalized spacial score (nSPS) is 12.5. The number of benzene rings is 1. The van der Waals surface area contributed by atoms with E-state index in [1.165, 1.54) is 6.07 Å². The minimum Gasteiger partial charge on any atom is -0.364 e. The first kappa shape index (κ1) is 13.5. The van der Waals surface area contributed by atoms with E-state index in [1.54, 1.807) is 12.3 Å². The van der Waals surface area contributed by atoms with Gasteiger partial charge in [0.25, 0.3) is 0 Å². The standard InChI is InChI=1S/C14H19FN4/c1-10(16)11-5-4-6-12(15)14(11)19(3)9-13-17-7-8-18(13)2/h4-8,10H,9,16H2,1-3H3. The maximum atomic E-state index is 14.1. The lowest BCUT2D eigenvalue weighted by Gasteiger charge is -2.24. The minimum atomic E-state index is -0.258. The molecule has 102 valence electrons. The van der Waals surface area contributed by atoms with Gasteiger partial charge in [0, 0.05) is 32.5 Å². The van der Waals surface area contributed by atoms with Crippen molar-refractivity contribution in [3.63, 3.8) is 0 Å². The Balaban J connectivity index is 2.33. The predicted molar refractivity (Wildman–Crippen MR) is 74.3 cm³/mol. The first-order valence-corrected chi connectivity index (χ1v) is 6.22. The van der Waals surface area contributed by atoms with E-state index in [0.717, 1.165) is 11.4 Å². The van der Waals surface area contributed by atoms with Crippen LogP contribution in [0.3, 0.4) is 0 Å². The van der Waals surface area contributed by atoms with Crippen LogP contribution in [0.4, 0.5) is 10.1 Å². The van der Waals surface area contributed by atoms with Crippen molar-refractivity contribution >= 4 is 5.69 Å². The average Bonchev–Trinajstić information content (AvgIpc) is 2.74. The van der Waals surface area contributed by atoms with Crippen molar-refractivity contribution in [1.82, 2.24) is 9.55 Å². The summed E-state index contributed by atoms with van der Waals surface area (Å²) in [6.45, 7) is 2.39. The number of aryl methyl sites for hydroxylation is 1. The molecule has 0 saturated heterocycles. The van der Waals surface area contributed by atoms with Crippen LogP contribution in [0.15, 0.2) is 30.6 Å². The van der Waals surface area contributed by atoms with Crippen molar-refractivity contribution in [2.75, 3.05) is 11.9 Å². The van der Waals surface area contributed by atoms with E-state index < -0.39 is 0 Å². The van der Waals surface area contributed by atoms with Gasteiger partial charge in [0.2, 0.25) is 0 Å². The number of aromatic nitrogens is 2. The molecule has 0 aliphatic rings. The fourth-order valence-electron chi connectivity index (χ4n) is 2.14. The van der Waals surface area contributed by atoms with Gasteiger partial charge in [-0.15, -0.1) is 0 Å². The monoisotopic (exact) mass is 262 g/mol. The van der Waals surface area contributed by atoms with Gasteiger partial charge in [-0.1, -0.05) is 12.1 Å². The summed E-state index contributed by atoms with van der Waals surface area (Å²) in [7, 11) is 3.77. The molecular formula is C14H19FN4. The summed E-state index contributed by atoms with van der Waals surface area (Å²) in [5, 5.41) is 0. The molecule has 1 heterocycles. The number of nitrogens with two attached hydrogens (primary N) is 1. The number of rotatable bonds is 4. The van der Waals surface area contributed by atoms with E-state index in [2.05, 4.69) is 4.98 Å². The van der Waals surface area contributed by atoms with Gasteiger partial charge >= 0.3 is 0 Å². The molecule has 1 unspecified atom stereocenters. The summed E-state index contributed by atoms with van der Waals surface area (Å²) in [5.74, 6) is 0.618. The van der Waals surface area contributed by atoms with Crippen LogP contribution in [0.1, 0.15) is 24.4 Å². The predicted octanol–water partition coefficient (Wildman–Crippen LogP) is 2.22. The van der Waals surface area contributed by atoms with Crippen LogP contribution in [0.2, 0.25) is 0 Å². The molecular weight excluding hydrogens is 243 g/mol. The largest absolute Gasteiger partial charge is 0.364 e. The Hall–Kier alpha value is -1.88. The molecule has 5 heteroatoms. The molecule has 0 radical (unpaired) electrons. The molecule has 1 aromatic carbocycles. The highest BCUT2D eigenvalue weighted by Crippen LogP contribution is 2.28. The first-order valence-electron chi connectivity index (χ1n) is 6.22. The SMILES string of the molecule is CC(N)c1cccc(F)c1N(C)Cc1nccn1C. The van der Waals surface area contributed by atoms with Gasteiger partial charge in [-0.05, 0) is 18.6 Å². The molecule has 19 heavy (non-hydrogen) atoms. The average molecular weight is 262 g/mol. The van der Waals surface area contributed by atoms with E-state index in [0.29, 0.717) is 12.2 Å². The van der Waals surface area contributed by atoms with Gasteiger partial charge in [-0.3, -0.25) is 0 Å². The second kappa shape index (κ2) is 5.40. The van der Waals surface area contributed by atoms with Crippen LogP contribution in [0, 0.1) is 5.82 Å². The van der Waals surface area contributed by atoms with Crippen LogP contribution in [-0.4, -0.2) is 16.6 Å². The fourth-order valence-corrected chi connectivity index (χ4v) is 2.14. The summed E-state index contributed by atoms with van der Waals surface area (Å²) in [4.78, 5) is 6.10. The van der Waals surface area contributed by atoms with E-state index >= 15 is 0 Å². The summed E-state index contributed by atoms with van der Waals surface area (Å²) in [6.07, 6.45) is 3.61. The number of imidazole rings is 1. The van der Waals surface area contributed by atoms with Gasteiger partial charge in [0.15, 0.2) is 0 Å². The van der Waals surface area contributed by atoms with Crippen LogP contribution in [0.5, 0.6) is 0 Å². The van der Waals surface area contributed by atoms with Crippen LogP contribution >= 0.6 is 0 Å². The fraction of sp³-hybridized carbons (Fsp3) is 0.357. The zero-order chi connectivity index (χ0) is 14.0. The minimum absolute atomic E-state index is 0.213. The highest BCUT2D eigenvalue weighted by Gasteiger charge is 2.16. The molecule has 0 spiro atoms. The zero-order valence-corrected chi connectivity index (χ0v) is 11.5. The molecule has 4 nitrogen and oxygen atoms in total. The van der Waals surface area contributed by atoms with Gasteiger partial charge in [-0.25, -0.2) is 9.37 Å². The Morgan fingerprint density at radius 3 is 2.79 bits per heavy atom. The van der Waals surface area contributed by atoms with Crippen molar-refractivity contribution in [2.45, 2.75) is 19.5 Å². The number of hydrogen-bond acceptors (Lipinski definition) is 3. The molecule has 0 amide bonds. The molecule has 0 aliphatic heterocycles. The molecule has 0 bridgehead atoms. The Morgan fingerprint density at radius 2 is 2.21 bits per heavy atom. The van der Waals surface area contributed by atoms with Crippen LogP contribution < -0.4 is 10.6 Å². The Kier molecular flexibility index (Phi) is 3.85. The molecule has 1 atom stereocenters. The Morgan fingerprint density at radius 1 is 1.47 bits per heavy atom. The second-order valence-corrected chi connectivity index (χ2v) is 4.78. The van der Waals surface area contributed by atoms with Crippen LogP contribution in [-0.2, 0) is 13.6 Å². The van der Waals surface area contributed by atoms with E-state index in [-0.39, 0.29) is 11.9 Å². The summed E-state index contributed by atoms with van der Waals surface area (Å²) >= 11 is 0. The number of para-hydroxylation sites is 1. The van der Waals surface area contributed by atoms with E-state index in [4.69, 9.17) is 5.73 Å². The van der Waals surface area contributed by atoms with Gasteiger partial charge in [0.1, 0.15) is 11.6 Å². The number of anilines is 1. The molecule has 0 aliphatic carbocycles. The maximum Gasteiger partial charge on any atom is 0.146 e. The molecule has 2 aromatic rings. The topological polar surface area (TPSA) is 47.1 Å². The number of nitrogens with zero attached hydrogens (tertiary/aromatic N) is 3. The summed E-state index contributed by atoms with van der Waals surface area (Å²) in [5.41, 5.74) is 7.25. The third-order valence-electron chi connectivity index (χ3n) is 3.19. The third kappa shape index (κ3) is 2.76. The zero-order valence-electron chi connectivity index (χ0n) is 11.5. The van der Waals surface area contributed by atoms with Crippen molar-refractivity contribution in [3.05, 3.63) is 47.8 Å². The number of hydrogen-bond donors (Lipinski definition) is 1. The van der Waals surface area contributed by atoms with Crippen molar-refractivity contribution in [1.29, 1.82) is 0 Å². The lowest BCUT2D eigenvalue weighted by atomic mass is 10.1.